The Labute approximate surface area is 197 Å². The molecule has 0 aliphatic rings. The Kier molecular flexibility index (Phi) is 6.84. The first kappa shape index (κ1) is 22.7. The number of nitrogens with one attached hydrogen (secondary N) is 1. The number of hydrogen-bond acceptors (Lipinski definition) is 6. The first-order valence-electron chi connectivity index (χ1n) is 10.8. The summed E-state index contributed by atoms with van der Waals surface area (Å²) < 4.78 is 7.42. The number of aromatic nitrogens is 4. The summed E-state index contributed by atoms with van der Waals surface area (Å²) in [4.78, 5) is 26.3. The summed E-state index contributed by atoms with van der Waals surface area (Å²) in [6.45, 7) is 7.38. The topological polar surface area (TPSA) is 81.9 Å². The number of thiazole rings is 1. The van der Waals surface area contributed by atoms with Gasteiger partial charge in [-0.15, -0.1) is 11.3 Å². The van der Waals surface area contributed by atoms with Gasteiger partial charge in [0.2, 0.25) is 0 Å². The molecule has 7 nitrogen and oxygen atoms in total. The molecular formula is C25H27N5O2S. The highest BCUT2D eigenvalue weighted by Gasteiger charge is 2.21. The standard InChI is InChI=1S/C25H27N5O2S/c1-16(2)12-28-24(31)20-11-23(22-15-33-25(29-22)21-13-26-9-10-27-21)30(17(20)3)14-18-5-7-19(32-4)8-6-18/h5-11,13,15-16H,12,14H2,1-4H3,(H,28,31). The fourth-order valence-electron chi connectivity index (χ4n) is 3.52. The number of ether oxygens (including phenoxy) is 1. The third kappa shape index (κ3) is 5.12. The van der Waals surface area contributed by atoms with Gasteiger partial charge in [-0.2, -0.15) is 0 Å². The van der Waals surface area contributed by atoms with Crippen LogP contribution < -0.4 is 10.1 Å². The summed E-state index contributed by atoms with van der Waals surface area (Å²) in [6, 6.07) is 9.89. The lowest BCUT2D eigenvalue weighted by molar-refractivity contribution is 0.0948. The highest BCUT2D eigenvalue weighted by Crippen LogP contribution is 2.31. The molecule has 8 heteroatoms. The van der Waals surface area contributed by atoms with Crippen LogP contribution in [0.2, 0.25) is 0 Å². The number of carbonyl (C=O) groups excluding carboxylic acids is 1. The predicted octanol–water partition coefficient (Wildman–Crippen LogP) is 4.82. The van der Waals surface area contributed by atoms with Crippen molar-refractivity contribution in [3.05, 3.63) is 71.1 Å². The van der Waals surface area contributed by atoms with Crippen LogP contribution in [0.1, 0.15) is 35.5 Å². The molecule has 0 unspecified atom stereocenters. The second-order valence-electron chi connectivity index (χ2n) is 8.20. The van der Waals surface area contributed by atoms with Crippen molar-refractivity contribution in [2.75, 3.05) is 13.7 Å². The van der Waals surface area contributed by atoms with Crippen LogP contribution in [-0.2, 0) is 6.54 Å². The Morgan fingerprint density at radius 2 is 1.97 bits per heavy atom. The van der Waals surface area contributed by atoms with Gasteiger partial charge in [0.25, 0.3) is 5.91 Å². The maximum absolute atomic E-state index is 13.0. The Morgan fingerprint density at radius 1 is 1.18 bits per heavy atom. The van der Waals surface area contributed by atoms with E-state index in [1.54, 1.807) is 25.7 Å². The quantitative estimate of drug-likeness (QED) is 0.407. The largest absolute Gasteiger partial charge is 0.497 e. The second-order valence-corrected chi connectivity index (χ2v) is 9.05. The van der Waals surface area contributed by atoms with Crippen molar-refractivity contribution in [3.63, 3.8) is 0 Å². The van der Waals surface area contributed by atoms with Gasteiger partial charge in [0.1, 0.15) is 16.5 Å². The van der Waals surface area contributed by atoms with E-state index in [0.717, 1.165) is 39.1 Å². The van der Waals surface area contributed by atoms with Crippen molar-refractivity contribution in [3.8, 4) is 27.8 Å². The number of methoxy groups -OCH3 is 1. The van der Waals surface area contributed by atoms with Gasteiger partial charge < -0.3 is 14.6 Å². The average Bonchev–Trinajstić information content (AvgIpc) is 3.44. The van der Waals surface area contributed by atoms with Gasteiger partial charge in [-0.25, -0.2) is 4.98 Å². The molecule has 0 aliphatic carbocycles. The van der Waals surface area contributed by atoms with Crippen molar-refractivity contribution in [2.45, 2.75) is 27.3 Å². The molecule has 0 atom stereocenters. The molecule has 0 radical (unpaired) electrons. The molecule has 33 heavy (non-hydrogen) atoms. The van der Waals surface area contributed by atoms with Crippen LogP contribution in [-0.4, -0.2) is 39.1 Å². The summed E-state index contributed by atoms with van der Waals surface area (Å²) >= 11 is 1.51. The van der Waals surface area contributed by atoms with Gasteiger partial charge in [0, 0.05) is 36.6 Å². The van der Waals surface area contributed by atoms with Crippen molar-refractivity contribution < 1.29 is 9.53 Å². The van der Waals surface area contributed by atoms with E-state index in [1.807, 2.05) is 42.6 Å². The normalized spacial score (nSPS) is 11.1. The zero-order valence-electron chi connectivity index (χ0n) is 19.2. The van der Waals surface area contributed by atoms with Crippen LogP contribution in [0.5, 0.6) is 5.75 Å². The molecule has 3 aromatic heterocycles. The number of rotatable bonds is 8. The molecule has 0 saturated heterocycles. The minimum atomic E-state index is -0.0692. The van der Waals surface area contributed by atoms with E-state index in [2.05, 4.69) is 33.7 Å². The molecule has 0 bridgehead atoms. The molecule has 4 aromatic rings. The van der Waals surface area contributed by atoms with E-state index in [1.165, 1.54) is 11.3 Å². The molecular weight excluding hydrogens is 434 g/mol. The highest BCUT2D eigenvalue weighted by molar-refractivity contribution is 7.13. The van der Waals surface area contributed by atoms with E-state index in [4.69, 9.17) is 9.72 Å². The summed E-state index contributed by atoms with van der Waals surface area (Å²) in [5, 5.41) is 5.83. The maximum Gasteiger partial charge on any atom is 0.253 e. The molecule has 0 aliphatic heterocycles. The molecule has 0 fully saturated rings. The molecule has 1 amide bonds. The Morgan fingerprint density at radius 3 is 2.64 bits per heavy atom. The van der Waals surface area contributed by atoms with Crippen LogP contribution in [0.3, 0.4) is 0 Å². The van der Waals surface area contributed by atoms with Crippen molar-refractivity contribution in [2.24, 2.45) is 5.92 Å². The lowest BCUT2D eigenvalue weighted by Gasteiger charge is -2.12. The minimum absolute atomic E-state index is 0.0692. The smallest absolute Gasteiger partial charge is 0.253 e. The zero-order chi connectivity index (χ0) is 23.4. The monoisotopic (exact) mass is 461 g/mol. The molecule has 1 aromatic carbocycles. The number of nitrogens with zero attached hydrogens (tertiary/aromatic N) is 4. The van der Waals surface area contributed by atoms with Gasteiger partial charge in [-0.1, -0.05) is 26.0 Å². The Bertz CT molecular complexity index is 1230. The van der Waals surface area contributed by atoms with Crippen LogP contribution >= 0.6 is 11.3 Å². The average molecular weight is 462 g/mol. The van der Waals surface area contributed by atoms with E-state index >= 15 is 0 Å². The Balaban J connectivity index is 1.73. The molecule has 0 saturated carbocycles. The third-order valence-electron chi connectivity index (χ3n) is 5.33. The van der Waals surface area contributed by atoms with Gasteiger partial charge in [0.05, 0.1) is 30.3 Å². The molecule has 3 heterocycles. The van der Waals surface area contributed by atoms with Crippen molar-refractivity contribution in [1.29, 1.82) is 0 Å². The van der Waals surface area contributed by atoms with Crippen LogP contribution in [0, 0.1) is 12.8 Å². The lowest BCUT2D eigenvalue weighted by Crippen LogP contribution is -2.27. The van der Waals surface area contributed by atoms with E-state index < -0.39 is 0 Å². The minimum Gasteiger partial charge on any atom is -0.497 e. The zero-order valence-corrected chi connectivity index (χ0v) is 20.0. The third-order valence-corrected chi connectivity index (χ3v) is 6.20. The van der Waals surface area contributed by atoms with Gasteiger partial charge in [-0.3, -0.25) is 14.8 Å². The SMILES string of the molecule is COc1ccc(Cn2c(-c3csc(-c4cnccn4)n3)cc(C(=O)NCC(C)C)c2C)cc1. The number of benzene rings is 1. The lowest BCUT2D eigenvalue weighted by atomic mass is 10.2. The van der Waals surface area contributed by atoms with Crippen LogP contribution in [0.4, 0.5) is 0 Å². The van der Waals surface area contributed by atoms with Gasteiger partial charge >= 0.3 is 0 Å². The summed E-state index contributed by atoms with van der Waals surface area (Å²) in [5.74, 6) is 1.12. The van der Waals surface area contributed by atoms with Gasteiger partial charge in [-0.05, 0) is 36.6 Å². The molecule has 1 N–H and O–H groups in total. The number of carbonyl (C=O) groups is 1. The highest BCUT2D eigenvalue weighted by atomic mass is 32.1. The molecule has 0 spiro atoms. The Hall–Kier alpha value is -3.52. The molecule has 4 rings (SSSR count). The van der Waals surface area contributed by atoms with E-state index in [9.17, 15) is 4.79 Å². The van der Waals surface area contributed by atoms with Crippen molar-refractivity contribution in [1.82, 2.24) is 24.8 Å². The summed E-state index contributed by atoms with van der Waals surface area (Å²) in [5.41, 5.74) is 5.09. The second kappa shape index (κ2) is 9.95. The van der Waals surface area contributed by atoms with E-state index in [-0.39, 0.29) is 5.91 Å². The summed E-state index contributed by atoms with van der Waals surface area (Å²) in [7, 11) is 1.65. The van der Waals surface area contributed by atoms with Gasteiger partial charge in [0.15, 0.2) is 0 Å². The summed E-state index contributed by atoms with van der Waals surface area (Å²) in [6.07, 6.45) is 5.00. The fraction of sp³-hybridized carbons (Fsp3) is 0.280. The number of hydrogen-bond donors (Lipinski definition) is 1. The fourth-order valence-corrected chi connectivity index (χ4v) is 4.29. The van der Waals surface area contributed by atoms with Crippen LogP contribution in [0.15, 0.2) is 54.3 Å². The van der Waals surface area contributed by atoms with E-state index in [0.29, 0.717) is 24.6 Å². The predicted molar refractivity (Wildman–Crippen MR) is 131 cm³/mol. The maximum atomic E-state index is 13.0. The first-order chi connectivity index (χ1) is 16.0. The van der Waals surface area contributed by atoms with Crippen molar-refractivity contribution >= 4 is 17.2 Å². The first-order valence-corrected chi connectivity index (χ1v) is 11.7. The van der Waals surface area contributed by atoms with Crippen LogP contribution in [0.25, 0.3) is 22.1 Å². The number of amides is 1. The molecule has 170 valence electrons.